The van der Waals surface area contributed by atoms with Crippen LogP contribution in [0.15, 0.2) is 48.5 Å². The topological polar surface area (TPSA) is 76.7 Å². The minimum Gasteiger partial charge on any atom is -0.490 e. The maximum Gasteiger partial charge on any atom is 0.254 e. The number of hydrogen-bond acceptors (Lipinski definition) is 4. The first-order chi connectivity index (χ1) is 14.1. The van der Waals surface area contributed by atoms with E-state index in [0.717, 1.165) is 5.56 Å². The molecule has 0 saturated heterocycles. The van der Waals surface area contributed by atoms with Gasteiger partial charge in [0.05, 0.1) is 31.0 Å². The SMILES string of the molecule is C#CCNC(=O)c1ccccc1NC(=O)/C=C/c1ccc(OCC)c(OCC)c1. The van der Waals surface area contributed by atoms with Crippen LogP contribution < -0.4 is 20.1 Å². The summed E-state index contributed by atoms with van der Waals surface area (Å²) in [5, 5.41) is 5.30. The van der Waals surface area contributed by atoms with Crippen molar-refractivity contribution in [3.8, 4) is 23.8 Å². The molecule has 0 bridgehead atoms. The zero-order valence-corrected chi connectivity index (χ0v) is 16.5. The molecule has 0 spiro atoms. The molecule has 0 radical (unpaired) electrons. The van der Waals surface area contributed by atoms with Gasteiger partial charge in [-0.3, -0.25) is 9.59 Å². The Morgan fingerprint density at radius 1 is 1.07 bits per heavy atom. The third-order valence-electron chi connectivity index (χ3n) is 3.78. The molecule has 0 fully saturated rings. The molecular formula is C23H24N2O4. The van der Waals surface area contributed by atoms with Crippen LogP contribution in [0.5, 0.6) is 11.5 Å². The fourth-order valence-corrected chi connectivity index (χ4v) is 2.53. The van der Waals surface area contributed by atoms with E-state index in [4.69, 9.17) is 15.9 Å². The molecule has 29 heavy (non-hydrogen) atoms. The van der Waals surface area contributed by atoms with E-state index in [9.17, 15) is 9.59 Å². The van der Waals surface area contributed by atoms with Gasteiger partial charge in [0.15, 0.2) is 11.5 Å². The summed E-state index contributed by atoms with van der Waals surface area (Å²) < 4.78 is 11.1. The largest absolute Gasteiger partial charge is 0.490 e. The van der Waals surface area contributed by atoms with E-state index in [-0.39, 0.29) is 18.4 Å². The van der Waals surface area contributed by atoms with Gasteiger partial charge in [0, 0.05) is 6.08 Å². The number of amides is 2. The first-order valence-corrected chi connectivity index (χ1v) is 9.28. The number of carbonyl (C=O) groups is 2. The van der Waals surface area contributed by atoms with Crippen LogP contribution in [0, 0.1) is 12.3 Å². The van der Waals surface area contributed by atoms with Crippen LogP contribution in [0.1, 0.15) is 29.8 Å². The van der Waals surface area contributed by atoms with Crippen molar-refractivity contribution in [1.82, 2.24) is 5.32 Å². The molecule has 2 N–H and O–H groups in total. The number of ether oxygens (including phenoxy) is 2. The first kappa shape index (κ1) is 21.6. The Morgan fingerprint density at radius 2 is 1.79 bits per heavy atom. The van der Waals surface area contributed by atoms with Gasteiger partial charge in [-0.1, -0.05) is 24.1 Å². The van der Waals surface area contributed by atoms with E-state index in [1.54, 1.807) is 42.5 Å². The molecule has 2 amide bonds. The van der Waals surface area contributed by atoms with Crippen molar-refractivity contribution in [2.75, 3.05) is 25.1 Å². The van der Waals surface area contributed by atoms with Crippen molar-refractivity contribution in [3.05, 3.63) is 59.7 Å². The van der Waals surface area contributed by atoms with E-state index in [1.165, 1.54) is 6.08 Å². The van der Waals surface area contributed by atoms with E-state index in [1.807, 2.05) is 19.9 Å². The molecule has 150 valence electrons. The quantitative estimate of drug-likeness (QED) is 0.506. The number of hydrogen-bond donors (Lipinski definition) is 2. The summed E-state index contributed by atoms with van der Waals surface area (Å²) in [7, 11) is 0. The molecule has 0 atom stereocenters. The van der Waals surface area contributed by atoms with Crippen molar-refractivity contribution >= 4 is 23.6 Å². The predicted octanol–water partition coefficient (Wildman–Crippen LogP) is 3.50. The molecule has 0 aliphatic carbocycles. The standard InChI is InChI=1S/C23H24N2O4/c1-4-15-24-23(27)18-9-7-8-10-19(18)25-22(26)14-12-17-11-13-20(28-5-2)21(16-17)29-6-3/h1,7-14,16H,5-6,15H2,2-3H3,(H,24,27)(H,25,26)/b14-12+. The Balaban J connectivity index is 2.12. The van der Waals surface area contributed by atoms with Crippen LogP contribution in [0.2, 0.25) is 0 Å². The third-order valence-corrected chi connectivity index (χ3v) is 3.78. The van der Waals surface area contributed by atoms with Gasteiger partial charge in [-0.2, -0.15) is 0 Å². The van der Waals surface area contributed by atoms with Gasteiger partial charge in [-0.05, 0) is 49.8 Å². The lowest BCUT2D eigenvalue weighted by molar-refractivity contribution is -0.111. The maximum absolute atomic E-state index is 12.3. The Labute approximate surface area is 170 Å². The van der Waals surface area contributed by atoms with Crippen molar-refractivity contribution in [2.24, 2.45) is 0 Å². The Morgan fingerprint density at radius 3 is 2.52 bits per heavy atom. The lowest BCUT2D eigenvalue weighted by Crippen LogP contribution is -2.25. The molecule has 0 unspecified atom stereocenters. The molecule has 0 aliphatic rings. The number of para-hydroxylation sites is 1. The molecule has 0 aliphatic heterocycles. The normalized spacial score (nSPS) is 10.2. The van der Waals surface area contributed by atoms with Crippen molar-refractivity contribution in [3.63, 3.8) is 0 Å². The van der Waals surface area contributed by atoms with Crippen molar-refractivity contribution < 1.29 is 19.1 Å². The molecular weight excluding hydrogens is 368 g/mol. The average molecular weight is 392 g/mol. The Bertz CT molecular complexity index is 929. The molecule has 2 aromatic rings. The average Bonchev–Trinajstić information content (AvgIpc) is 2.73. The van der Waals surface area contributed by atoms with Crippen LogP contribution >= 0.6 is 0 Å². The van der Waals surface area contributed by atoms with Gasteiger partial charge in [-0.25, -0.2) is 0 Å². The van der Waals surface area contributed by atoms with Gasteiger partial charge in [0.1, 0.15) is 0 Å². The zero-order valence-electron chi connectivity index (χ0n) is 16.5. The summed E-state index contributed by atoms with van der Waals surface area (Å²) in [5.41, 5.74) is 1.52. The number of benzene rings is 2. The summed E-state index contributed by atoms with van der Waals surface area (Å²) in [4.78, 5) is 24.5. The van der Waals surface area contributed by atoms with Gasteiger partial charge in [-0.15, -0.1) is 6.42 Å². The molecule has 6 nitrogen and oxygen atoms in total. The Hall–Kier alpha value is -3.72. The summed E-state index contributed by atoms with van der Waals surface area (Å²) in [5.74, 6) is 2.90. The number of anilines is 1. The number of nitrogens with one attached hydrogen (secondary N) is 2. The lowest BCUT2D eigenvalue weighted by Gasteiger charge is -2.11. The fraction of sp³-hybridized carbons (Fsp3) is 0.217. The fourth-order valence-electron chi connectivity index (χ4n) is 2.53. The number of rotatable bonds is 9. The van der Waals surface area contributed by atoms with Gasteiger partial charge >= 0.3 is 0 Å². The maximum atomic E-state index is 12.3. The summed E-state index contributed by atoms with van der Waals surface area (Å²) in [6.07, 6.45) is 8.22. The second-order valence-corrected chi connectivity index (χ2v) is 5.83. The van der Waals surface area contributed by atoms with E-state index in [2.05, 4.69) is 16.6 Å². The van der Waals surface area contributed by atoms with Gasteiger partial charge < -0.3 is 20.1 Å². The van der Waals surface area contributed by atoms with E-state index in [0.29, 0.717) is 36.0 Å². The highest BCUT2D eigenvalue weighted by molar-refractivity contribution is 6.07. The molecule has 2 aromatic carbocycles. The highest BCUT2D eigenvalue weighted by Crippen LogP contribution is 2.29. The molecule has 2 rings (SSSR count). The lowest BCUT2D eigenvalue weighted by atomic mass is 10.1. The van der Waals surface area contributed by atoms with E-state index < -0.39 is 0 Å². The molecule has 0 saturated carbocycles. The summed E-state index contributed by atoms with van der Waals surface area (Å²) in [6, 6.07) is 12.2. The first-order valence-electron chi connectivity index (χ1n) is 9.28. The molecule has 0 heterocycles. The van der Waals surface area contributed by atoms with Gasteiger partial charge in [0.2, 0.25) is 5.91 Å². The highest BCUT2D eigenvalue weighted by Gasteiger charge is 2.11. The van der Waals surface area contributed by atoms with Crippen molar-refractivity contribution in [1.29, 1.82) is 0 Å². The summed E-state index contributed by atoms with van der Waals surface area (Å²) >= 11 is 0. The third kappa shape index (κ3) is 6.43. The number of terminal acetylenes is 1. The monoisotopic (exact) mass is 392 g/mol. The minimum absolute atomic E-state index is 0.112. The Kier molecular flexibility index (Phi) is 8.33. The molecule has 0 aromatic heterocycles. The molecule has 6 heteroatoms. The number of carbonyl (C=O) groups excluding carboxylic acids is 2. The second-order valence-electron chi connectivity index (χ2n) is 5.83. The summed E-state index contributed by atoms with van der Waals surface area (Å²) in [6.45, 7) is 4.95. The van der Waals surface area contributed by atoms with Crippen LogP contribution in [-0.4, -0.2) is 31.6 Å². The smallest absolute Gasteiger partial charge is 0.254 e. The second kappa shape index (κ2) is 11.2. The minimum atomic E-state index is -0.367. The zero-order chi connectivity index (χ0) is 21.1. The van der Waals surface area contributed by atoms with Crippen LogP contribution in [0.4, 0.5) is 5.69 Å². The van der Waals surface area contributed by atoms with E-state index >= 15 is 0 Å². The van der Waals surface area contributed by atoms with Crippen LogP contribution in [0.3, 0.4) is 0 Å². The van der Waals surface area contributed by atoms with Crippen LogP contribution in [0.25, 0.3) is 6.08 Å². The predicted molar refractivity (Wildman–Crippen MR) is 114 cm³/mol. The highest BCUT2D eigenvalue weighted by atomic mass is 16.5. The van der Waals surface area contributed by atoms with Crippen LogP contribution in [-0.2, 0) is 4.79 Å². The van der Waals surface area contributed by atoms with Gasteiger partial charge in [0.25, 0.3) is 5.91 Å². The van der Waals surface area contributed by atoms with Crippen molar-refractivity contribution in [2.45, 2.75) is 13.8 Å².